The first kappa shape index (κ1) is 24.1. The summed E-state index contributed by atoms with van der Waals surface area (Å²) in [5, 5.41) is 18.4. The Labute approximate surface area is 184 Å². The van der Waals surface area contributed by atoms with Crippen LogP contribution in [0.4, 0.5) is 0 Å². The van der Waals surface area contributed by atoms with E-state index in [1.165, 1.54) is 36.4 Å². The van der Waals surface area contributed by atoms with E-state index in [9.17, 15) is 13.5 Å². The average Bonchev–Trinajstić information content (AvgIpc) is 2.71. The van der Waals surface area contributed by atoms with Crippen LogP contribution in [-0.2, 0) is 9.84 Å². The van der Waals surface area contributed by atoms with Gasteiger partial charge >= 0.3 is 0 Å². The molecule has 160 valence electrons. The van der Waals surface area contributed by atoms with Gasteiger partial charge < -0.3 is 19.7 Å². The molecule has 0 bridgehead atoms. The van der Waals surface area contributed by atoms with Crippen molar-refractivity contribution in [1.82, 2.24) is 0 Å². The summed E-state index contributed by atoms with van der Waals surface area (Å²) in [4.78, 5) is -0.0567. The molecule has 0 saturated carbocycles. The van der Waals surface area contributed by atoms with Crippen LogP contribution in [-0.4, -0.2) is 50.4 Å². The minimum absolute atomic E-state index is 0.0133. The van der Waals surface area contributed by atoms with Gasteiger partial charge in [0.05, 0.1) is 33.0 Å². The Balaban J connectivity index is 2.21. The Hall–Kier alpha value is -1.22. The van der Waals surface area contributed by atoms with Gasteiger partial charge in [-0.15, -0.1) is 11.6 Å². The third-order valence-electron chi connectivity index (χ3n) is 3.86. The standard InChI is InChI=1S/C19H21Cl3O6S/c1-12(8-20)10-27-18-4-2-14(6-16(18)21)29(25,26)15-3-5-19(17(22)7-15)28-11-13(24)9-23/h2-7,12-13,23-24H,8-11H2,1H3/t12-,13-/m1/s1. The number of hydrogen-bond donors (Lipinski definition) is 2. The van der Waals surface area contributed by atoms with Crippen LogP contribution in [0.25, 0.3) is 0 Å². The van der Waals surface area contributed by atoms with Crippen LogP contribution in [0, 0.1) is 5.92 Å². The highest BCUT2D eigenvalue weighted by atomic mass is 35.5. The zero-order valence-electron chi connectivity index (χ0n) is 15.5. The number of ether oxygens (including phenoxy) is 2. The molecule has 0 amide bonds. The van der Waals surface area contributed by atoms with E-state index in [4.69, 9.17) is 49.4 Å². The van der Waals surface area contributed by atoms with E-state index in [1.807, 2.05) is 6.92 Å². The molecule has 2 aromatic rings. The van der Waals surface area contributed by atoms with Crippen molar-refractivity contribution in [2.24, 2.45) is 5.92 Å². The molecular formula is C19H21Cl3O6S. The van der Waals surface area contributed by atoms with Crippen molar-refractivity contribution in [2.45, 2.75) is 22.8 Å². The number of alkyl halides is 1. The summed E-state index contributed by atoms with van der Waals surface area (Å²) in [5.74, 6) is 1.11. The summed E-state index contributed by atoms with van der Waals surface area (Å²) < 4.78 is 36.6. The summed E-state index contributed by atoms with van der Waals surface area (Å²) in [5.41, 5.74) is 0. The highest BCUT2D eigenvalue weighted by Gasteiger charge is 2.21. The second-order valence-electron chi connectivity index (χ2n) is 6.41. The molecule has 2 atom stereocenters. The van der Waals surface area contributed by atoms with Gasteiger partial charge in [-0.1, -0.05) is 30.1 Å². The zero-order valence-corrected chi connectivity index (χ0v) is 18.6. The molecule has 2 aromatic carbocycles. The lowest BCUT2D eigenvalue weighted by molar-refractivity contribution is 0.0536. The van der Waals surface area contributed by atoms with Gasteiger partial charge in [0.1, 0.15) is 24.2 Å². The highest BCUT2D eigenvalue weighted by Crippen LogP contribution is 2.33. The maximum absolute atomic E-state index is 12.9. The van der Waals surface area contributed by atoms with Gasteiger partial charge in [-0.3, -0.25) is 0 Å². The number of hydrogen-bond acceptors (Lipinski definition) is 6. The van der Waals surface area contributed by atoms with Gasteiger partial charge in [0, 0.05) is 11.8 Å². The molecule has 0 heterocycles. The van der Waals surface area contributed by atoms with Gasteiger partial charge in [0.25, 0.3) is 0 Å². The lowest BCUT2D eigenvalue weighted by Crippen LogP contribution is -2.21. The molecule has 0 saturated heterocycles. The highest BCUT2D eigenvalue weighted by molar-refractivity contribution is 7.91. The Morgan fingerprint density at radius 1 is 0.966 bits per heavy atom. The van der Waals surface area contributed by atoms with Crippen molar-refractivity contribution >= 4 is 44.6 Å². The van der Waals surface area contributed by atoms with Crippen molar-refractivity contribution in [3.8, 4) is 11.5 Å². The summed E-state index contributed by atoms with van der Waals surface area (Å²) >= 11 is 18.0. The summed E-state index contributed by atoms with van der Waals surface area (Å²) in [7, 11) is -3.88. The summed E-state index contributed by atoms with van der Waals surface area (Å²) in [6.45, 7) is 1.63. The van der Waals surface area contributed by atoms with Gasteiger partial charge in [-0.05, 0) is 36.4 Å². The molecule has 2 rings (SSSR count). The second kappa shape index (κ2) is 10.7. The molecule has 10 heteroatoms. The van der Waals surface area contributed by atoms with Crippen LogP contribution in [0.2, 0.25) is 10.0 Å². The van der Waals surface area contributed by atoms with Crippen molar-refractivity contribution in [3.63, 3.8) is 0 Å². The normalized spacial score (nSPS) is 13.7. The maximum Gasteiger partial charge on any atom is 0.206 e. The number of sulfone groups is 1. The molecular weight excluding hydrogens is 463 g/mol. The van der Waals surface area contributed by atoms with Crippen LogP contribution in [0.5, 0.6) is 11.5 Å². The monoisotopic (exact) mass is 482 g/mol. The smallest absolute Gasteiger partial charge is 0.206 e. The topological polar surface area (TPSA) is 93.1 Å². The van der Waals surface area contributed by atoms with Crippen molar-refractivity contribution in [1.29, 1.82) is 0 Å². The zero-order chi connectivity index (χ0) is 21.6. The molecule has 0 unspecified atom stereocenters. The van der Waals surface area contributed by atoms with Crippen LogP contribution < -0.4 is 9.47 Å². The quantitative estimate of drug-likeness (QED) is 0.499. The van der Waals surface area contributed by atoms with E-state index < -0.39 is 22.5 Å². The largest absolute Gasteiger partial charge is 0.492 e. The molecule has 0 aliphatic carbocycles. The van der Waals surface area contributed by atoms with E-state index in [-0.39, 0.29) is 38.1 Å². The van der Waals surface area contributed by atoms with E-state index in [1.54, 1.807) is 0 Å². The summed E-state index contributed by atoms with van der Waals surface area (Å²) in [6.07, 6.45) is -1.07. The second-order valence-corrected chi connectivity index (χ2v) is 9.48. The predicted octanol–water partition coefficient (Wildman–Crippen LogP) is 3.81. The molecule has 0 aliphatic heterocycles. The third kappa shape index (κ3) is 6.38. The van der Waals surface area contributed by atoms with E-state index in [0.717, 1.165) is 0 Å². The third-order valence-corrected chi connectivity index (χ3v) is 6.72. The lowest BCUT2D eigenvalue weighted by atomic mass is 10.2. The molecule has 29 heavy (non-hydrogen) atoms. The summed E-state index contributed by atoms with van der Waals surface area (Å²) in [6, 6.07) is 8.17. The first-order valence-corrected chi connectivity index (χ1v) is 11.4. The van der Waals surface area contributed by atoms with Gasteiger partial charge in [-0.2, -0.15) is 0 Å². The first-order chi connectivity index (χ1) is 13.7. The number of aliphatic hydroxyl groups excluding tert-OH is 2. The predicted molar refractivity (Wildman–Crippen MR) is 112 cm³/mol. The fourth-order valence-electron chi connectivity index (χ4n) is 2.18. The molecule has 0 aromatic heterocycles. The Kier molecular flexibility index (Phi) is 8.88. The minimum atomic E-state index is -3.88. The lowest BCUT2D eigenvalue weighted by Gasteiger charge is -2.14. The fourth-order valence-corrected chi connectivity index (χ4v) is 4.18. The first-order valence-electron chi connectivity index (χ1n) is 8.63. The molecule has 0 fully saturated rings. The van der Waals surface area contributed by atoms with Crippen molar-refractivity contribution in [3.05, 3.63) is 46.4 Å². The number of aliphatic hydroxyl groups is 2. The minimum Gasteiger partial charge on any atom is -0.492 e. The van der Waals surface area contributed by atoms with E-state index >= 15 is 0 Å². The molecule has 2 N–H and O–H groups in total. The Morgan fingerprint density at radius 2 is 1.45 bits per heavy atom. The number of rotatable bonds is 10. The van der Waals surface area contributed by atoms with Gasteiger partial charge in [-0.25, -0.2) is 8.42 Å². The Morgan fingerprint density at radius 3 is 1.86 bits per heavy atom. The maximum atomic E-state index is 12.9. The average molecular weight is 484 g/mol. The fraction of sp³-hybridized carbons (Fsp3) is 0.368. The van der Waals surface area contributed by atoms with E-state index in [0.29, 0.717) is 18.2 Å². The Bertz CT molecular complexity index is 866. The molecule has 0 radical (unpaired) electrons. The molecule has 0 aliphatic rings. The van der Waals surface area contributed by atoms with Crippen LogP contribution in [0.15, 0.2) is 46.2 Å². The number of halogens is 3. The molecule has 0 spiro atoms. The molecule has 6 nitrogen and oxygen atoms in total. The van der Waals surface area contributed by atoms with Crippen LogP contribution >= 0.6 is 34.8 Å². The van der Waals surface area contributed by atoms with E-state index in [2.05, 4.69) is 0 Å². The van der Waals surface area contributed by atoms with Gasteiger partial charge in [0.2, 0.25) is 9.84 Å². The van der Waals surface area contributed by atoms with Gasteiger partial charge in [0.15, 0.2) is 0 Å². The number of benzene rings is 2. The SMILES string of the molecule is C[C@H](CCl)COc1ccc(S(=O)(=O)c2ccc(OC[C@H](O)CO)c(Cl)c2)cc1Cl. The van der Waals surface area contributed by atoms with Crippen molar-refractivity contribution < 1.29 is 28.1 Å². The van der Waals surface area contributed by atoms with Crippen molar-refractivity contribution in [2.75, 3.05) is 25.7 Å². The van der Waals surface area contributed by atoms with Crippen LogP contribution in [0.1, 0.15) is 6.92 Å². The van der Waals surface area contributed by atoms with Crippen LogP contribution in [0.3, 0.4) is 0 Å².